The topological polar surface area (TPSA) is 68.0 Å². The third-order valence-corrected chi connectivity index (χ3v) is 6.29. The molecular weight excluding hydrogens is 374 g/mol. The molecule has 0 aliphatic carbocycles. The van der Waals surface area contributed by atoms with Gasteiger partial charge in [0.2, 0.25) is 0 Å². The number of hydrogen-bond acceptors (Lipinski definition) is 5. The van der Waals surface area contributed by atoms with Crippen LogP contribution in [0.1, 0.15) is 23.0 Å². The highest BCUT2D eigenvalue weighted by Gasteiger charge is 2.21. The highest BCUT2D eigenvalue weighted by Crippen LogP contribution is 2.41. The van der Waals surface area contributed by atoms with Crippen LogP contribution in [0.15, 0.2) is 53.9 Å². The molecule has 3 aromatic heterocycles. The van der Waals surface area contributed by atoms with Crippen LogP contribution in [0, 0.1) is 0 Å². The summed E-state index contributed by atoms with van der Waals surface area (Å²) in [5.41, 5.74) is 9.91. The molecule has 4 rings (SSSR count). The summed E-state index contributed by atoms with van der Waals surface area (Å²) < 4.78 is 0. The number of nitrogens with two attached hydrogens (primary N) is 1. The number of nitrogens with one attached hydrogen (secondary N) is 1. The normalized spacial score (nSPS) is 11.0. The van der Waals surface area contributed by atoms with Crippen LogP contribution in [0.25, 0.3) is 31.9 Å². The van der Waals surface area contributed by atoms with Gasteiger partial charge in [-0.15, -0.1) is 22.7 Å². The molecule has 3 N–H and O–H groups in total. The highest BCUT2D eigenvalue weighted by molar-refractivity contribution is 7.21. The number of pyridine rings is 1. The van der Waals surface area contributed by atoms with E-state index in [1.54, 1.807) is 11.3 Å². The molecule has 0 unspecified atom stereocenters. The van der Waals surface area contributed by atoms with Gasteiger partial charge in [-0.25, -0.2) is 4.98 Å². The van der Waals surface area contributed by atoms with Crippen LogP contribution in [0.2, 0.25) is 0 Å². The Morgan fingerprint density at radius 1 is 1.19 bits per heavy atom. The van der Waals surface area contributed by atoms with Crippen molar-refractivity contribution in [3.63, 3.8) is 0 Å². The summed E-state index contributed by atoms with van der Waals surface area (Å²) in [6.07, 6.45) is 0.882. The molecule has 6 heteroatoms. The number of nitrogen functional groups attached to an aromatic ring is 1. The van der Waals surface area contributed by atoms with Crippen LogP contribution in [0.4, 0.5) is 5.69 Å². The Hall–Kier alpha value is -2.70. The van der Waals surface area contributed by atoms with Gasteiger partial charge < -0.3 is 11.1 Å². The molecule has 0 bridgehead atoms. The minimum atomic E-state index is -0.131. The molecule has 0 radical (unpaired) electrons. The number of hydrogen-bond donors (Lipinski definition) is 2. The number of aromatic nitrogens is 1. The summed E-state index contributed by atoms with van der Waals surface area (Å²) in [5, 5.41) is 5.81. The molecule has 0 aliphatic rings. The number of rotatable bonds is 5. The van der Waals surface area contributed by atoms with Gasteiger partial charge in [0.05, 0.1) is 16.3 Å². The van der Waals surface area contributed by atoms with Crippen molar-refractivity contribution in [3.05, 3.63) is 58.8 Å². The lowest BCUT2D eigenvalue weighted by Crippen LogP contribution is -2.23. The maximum atomic E-state index is 12.5. The van der Waals surface area contributed by atoms with Gasteiger partial charge in [-0.2, -0.15) is 0 Å². The molecule has 0 saturated heterocycles. The summed E-state index contributed by atoms with van der Waals surface area (Å²) in [7, 11) is 0. The standard InChI is InChI=1S/C21H19N3OS2/c1-2-10-23-20(25)19-18(22)17-14(13-7-4-3-5-8-13)12-15(24-21(17)27-19)16-9-6-11-26-16/h3-9,11-12H,2,10,22H2,1H3,(H,23,25). The fourth-order valence-corrected chi connectivity index (χ4v) is 4.73. The van der Waals surface area contributed by atoms with Gasteiger partial charge >= 0.3 is 0 Å². The SMILES string of the molecule is CCCNC(=O)c1sc2nc(-c3cccs3)cc(-c3ccccc3)c2c1N. The quantitative estimate of drug-likeness (QED) is 0.476. The van der Waals surface area contributed by atoms with E-state index in [1.165, 1.54) is 11.3 Å². The van der Waals surface area contributed by atoms with Crippen LogP contribution in [0.5, 0.6) is 0 Å². The second kappa shape index (κ2) is 7.50. The molecule has 1 amide bonds. The van der Waals surface area contributed by atoms with E-state index < -0.39 is 0 Å². The van der Waals surface area contributed by atoms with Crippen molar-refractivity contribution >= 4 is 44.5 Å². The number of amides is 1. The van der Waals surface area contributed by atoms with E-state index in [4.69, 9.17) is 10.7 Å². The summed E-state index contributed by atoms with van der Waals surface area (Å²) in [6, 6.07) is 16.2. The number of nitrogens with zero attached hydrogens (tertiary/aromatic N) is 1. The number of fused-ring (bicyclic) bond motifs is 1. The largest absolute Gasteiger partial charge is 0.397 e. The molecule has 0 saturated carbocycles. The van der Waals surface area contributed by atoms with Crippen molar-refractivity contribution in [1.82, 2.24) is 10.3 Å². The molecule has 4 aromatic rings. The van der Waals surface area contributed by atoms with E-state index in [0.717, 1.165) is 38.3 Å². The van der Waals surface area contributed by atoms with E-state index in [-0.39, 0.29) is 5.91 Å². The molecule has 4 nitrogen and oxygen atoms in total. The molecule has 136 valence electrons. The van der Waals surface area contributed by atoms with Crippen molar-refractivity contribution in [2.24, 2.45) is 0 Å². The molecule has 0 fully saturated rings. The van der Waals surface area contributed by atoms with Gasteiger partial charge in [0.15, 0.2) is 0 Å². The summed E-state index contributed by atoms with van der Waals surface area (Å²) in [6.45, 7) is 2.66. The van der Waals surface area contributed by atoms with Crippen molar-refractivity contribution in [2.45, 2.75) is 13.3 Å². The lowest BCUT2D eigenvalue weighted by atomic mass is 10.0. The summed E-state index contributed by atoms with van der Waals surface area (Å²) >= 11 is 3.01. The third-order valence-electron chi connectivity index (χ3n) is 4.30. The Bertz CT molecular complexity index is 1090. The molecular formula is C21H19N3OS2. The lowest BCUT2D eigenvalue weighted by molar-refractivity contribution is 0.0958. The Morgan fingerprint density at radius 3 is 2.70 bits per heavy atom. The number of benzene rings is 1. The maximum absolute atomic E-state index is 12.5. The van der Waals surface area contributed by atoms with Gasteiger partial charge in [-0.05, 0) is 35.1 Å². The zero-order chi connectivity index (χ0) is 18.8. The minimum Gasteiger partial charge on any atom is -0.397 e. The van der Waals surface area contributed by atoms with Crippen LogP contribution < -0.4 is 11.1 Å². The van der Waals surface area contributed by atoms with E-state index in [1.807, 2.05) is 36.6 Å². The summed E-state index contributed by atoms with van der Waals surface area (Å²) in [4.78, 5) is 19.8. The van der Waals surface area contributed by atoms with E-state index in [0.29, 0.717) is 17.1 Å². The number of thiophene rings is 2. The highest BCUT2D eigenvalue weighted by atomic mass is 32.1. The van der Waals surface area contributed by atoms with Crippen molar-refractivity contribution < 1.29 is 4.79 Å². The fraction of sp³-hybridized carbons (Fsp3) is 0.143. The zero-order valence-corrected chi connectivity index (χ0v) is 16.5. The van der Waals surface area contributed by atoms with E-state index >= 15 is 0 Å². The second-order valence-electron chi connectivity index (χ2n) is 6.18. The molecule has 0 spiro atoms. The van der Waals surface area contributed by atoms with E-state index in [9.17, 15) is 4.79 Å². The first-order valence-electron chi connectivity index (χ1n) is 8.79. The van der Waals surface area contributed by atoms with E-state index in [2.05, 4.69) is 29.6 Å². The predicted molar refractivity (Wildman–Crippen MR) is 115 cm³/mol. The average Bonchev–Trinajstić information content (AvgIpc) is 3.35. The predicted octanol–water partition coefficient (Wildman–Crippen LogP) is 5.41. The molecule has 1 aromatic carbocycles. The number of carbonyl (C=O) groups excluding carboxylic acids is 1. The second-order valence-corrected chi connectivity index (χ2v) is 8.13. The summed E-state index contributed by atoms with van der Waals surface area (Å²) in [5.74, 6) is -0.131. The fourth-order valence-electron chi connectivity index (χ4n) is 3.00. The molecule has 0 atom stereocenters. The first-order valence-corrected chi connectivity index (χ1v) is 10.5. The van der Waals surface area contributed by atoms with Gasteiger partial charge in [-0.1, -0.05) is 43.3 Å². The Kier molecular flexibility index (Phi) is 4.92. The van der Waals surface area contributed by atoms with Gasteiger partial charge in [-0.3, -0.25) is 4.79 Å². The molecule has 3 heterocycles. The first-order chi connectivity index (χ1) is 13.2. The molecule has 0 aliphatic heterocycles. The Balaban J connectivity index is 1.95. The maximum Gasteiger partial charge on any atom is 0.263 e. The third kappa shape index (κ3) is 3.34. The lowest BCUT2D eigenvalue weighted by Gasteiger charge is -2.08. The number of carbonyl (C=O) groups is 1. The first kappa shape index (κ1) is 17.7. The minimum absolute atomic E-state index is 0.131. The average molecular weight is 394 g/mol. The van der Waals surface area contributed by atoms with Crippen LogP contribution in [0.3, 0.4) is 0 Å². The van der Waals surface area contributed by atoms with Crippen molar-refractivity contribution in [3.8, 4) is 21.7 Å². The monoisotopic (exact) mass is 393 g/mol. The van der Waals surface area contributed by atoms with Gasteiger partial charge in [0.1, 0.15) is 9.71 Å². The van der Waals surface area contributed by atoms with Gasteiger partial charge in [0, 0.05) is 11.9 Å². The van der Waals surface area contributed by atoms with Crippen molar-refractivity contribution in [1.29, 1.82) is 0 Å². The van der Waals surface area contributed by atoms with Crippen LogP contribution >= 0.6 is 22.7 Å². The van der Waals surface area contributed by atoms with Crippen molar-refractivity contribution in [2.75, 3.05) is 12.3 Å². The smallest absolute Gasteiger partial charge is 0.263 e. The van der Waals surface area contributed by atoms with Crippen LogP contribution in [-0.4, -0.2) is 17.4 Å². The van der Waals surface area contributed by atoms with Crippen LogP contribution in [-0.2, 0) is 0 Å². The molecule has 27 heavy (non-hydrogen) atoms. The Labute approximate surface area is 165 Å². The van der Waals surface area contributed by atoms with Gasteiger partial charge in [0.25, 0.3) is 5.91 Å². The zero-order valence-electron chi connectivity index (χ0n) is 14.9. The Morgan fingerprint density at radius 2 is 2.00 bits per heavy atom. The number of anilines is 1.